The van der Waals surface area contributed by atoms with E-state index < -0.39 is 16.6 Å². The molecule has 0 unspecified atom stereocenters. The molecular weight excluding hydrogens is 174 g/mol. The summed E-state index contributed by atoms with van der Waals surface area (Å²) in [5, 5.41) is 9.13. The van der Waals surface area contributed by atoms with Gasteiger partial charge >= 0.3 is 0 Å². The Morgan fingerprint density at radius 1 is 1.15 bits per heavy atom. The zero-order valence-electron chi connectivity index (χ0n) is 6.95. The molecular formula is C8H9NO4. The number of aromatic hydroxyl groups is 1. The minimum absolute atomic E-state index is 0.160. The van der Waals surface area contributed by atoms with Crippen molar-refractivity contribution >= 4 is 5.69 Å². The molecule has 0 aromatic heterocycles. The maximum absolute atomic E-state index is 11.0. The second-order valence-corrected chi connectivity index (χ2v) is 2.95. The molecule has 13 heavy (non-hydrogen) atoms. The van der Waals surface area contributed by atoms with E-state index in [1.165, 1.54) is 0 Å². The van der Waals surface area contributed by atoms with Crippen molar-refractivity contribution in [2.75, 3.05) is 31.2 Å². The average molecular weight is 183 g/mol. The van der Waals surface area contributed by atoms with E-state index in [4.69, 9.17) is 9.84 Å². The van der Waals surface area contributed by atoms with Crippen LogP contribution in [0.25, 0.3) is 0 Å². The summed E-state index contributed by atoms with van der Waals surface area (Å²) in [5.74, 6) is -0.396. The van der Waals surface area contributed by atoms with Crippen molar-refractivity contribution in [2.45, 2.75) is 0 Å². The molecule has 5 heteroatoms. The Morgan fingerprint density at radius 3 is 2.31 bits per heavy atom. The zero-order valence-corrected chi connectivity index (χ0v) is 6.95. The SMILES string of the molecule is O=c1c(O)c(N2CCOCC2)c1=O. The van der Waals surface area contributed by atoms with Crippen molar-refractivity contribution in [1.29, 1.82) is 0 Å². The summed E-state index contributed by atoms with van der Waals surface area (Å²) in [5.41, 5.74) is -1.20. The molecule has 1 N–H and O–H groups in total. The van der Waals surface area contributed by atoms with Crippen LogP contribution in [0.15, 0.2) is 9.59 Å². The first-order valence-electron chi connectivity index (χ1n) is 4.07. The van der Waals surface area contributed by atoms with Crippen molar-refractivity contribution in [3.05, 3.63) is 20.4 Å². The molecule has 0 bridgehead atoms. The molecule has 1 aromatic carbocycles. The lowest BCUT2D eigenvalue weighted by Crippen LogP contribution is -2.45. The van der Waals surface area contributed by atoms with E-state index in [0.717, 1.165) is 0 Å². The molecule has 5 nitrogen and oxygen atoms in total. The third kappa shape index (κ3) is 1.12. The highest BCUT2D eigenvalue weighted by molar-refractivity contribution is 5.62. The molecule has 1 fully saturated rings. The number of anilines is 1. The molecule has 0 saturated carbocycles. The standard InChI is InChI=1S/C8H9NO4/c10-6-5(7(11)8(6)12)9-1-3-13-4-2-9/h10H,1-4H2. The molecule has 0 amide bonds. The maximum atomic E-state index is 11.0. The summed E-state index contributed by atoms with van der Waals surface area (Å²) >= 11 is 0. The van der Waals surface area contributed by atoms with Gasteiger partial charge in [-0.15, -0.1) is 0 Å². The van der Waals surface area contributed by atoms with Gasteiger partial charge in [-0.1, -0.05) is 0 Å². The van der Waals surface area contributed by atoms with Gasteiger partial charge in [0.1, 0.15) is 5.69 Å². The van der Waals surface area contributed by atoms with Gasteiger partial charge in [-0.25, -0.2) is 0 Å². The molecule has 1 aliphatic rings. The van der Waals surface area contributed by atoms with Gasteiger partial charge in [0.15, 0.2) is 5.75 Å². The van der Waals surface area contributed by atoms with E-state index in [1.807, 2.05) is 0 Å². The van der Waals surface area contributed by atoms with Crippen LogP contribution in [-0.4, -0.2) is 31.4 Å². The number of rotatable bonds is 1. The van der Waals surface area contributed by atoms with Gasteiger partial charge in [0.05, 0.1) is 13.2 Å². The Balaban J connectivity index is 2.26. The highest BCUT2D eigenvalue weighted by atomic mass is 16.5. The number of hydrogen-bond donors (Lipinski definition) is 1. The number of hydrogen-bond acceptors (Lipinski definition) is 5. The van der Waals surface area contributed by atoms with Gasteiger partial charge in [-0.05, 0) is 0 Å². The fraction of sp³-hybridized carbons (Fsp3) is 0.500. The molecule has 1 heterocycles. The zero-order chi connectivity index (χ0) is 9.42. The van der Waals surface area contributed by atoms with E-state index in [-0.39, 0.29) is 5.69 Å². The van der Waals surface area contributed by atoms with Gasteiger partial charge in [0, 0.05) is 13.1 Å². The third-order valence-corrected chi connectivity index (χ3v) is 2.19. The predicted octanol–water partition coefficient (Wildman–Crippen LogP) is -1.18. The smallest absolute Gasteiger partial charge is 0.271 e. The van der Waals surface area contributed by atoms with Crippen LogP contribution < -0.4 is 15.8 Å². The lowest BCUT2D eigenvalue weighted by Gasteiger charge is -2.29. The molecule has 0 radical (unpaired) electrons. The molecule has 2 rings (SSSR count). The van der Waals surface area contributed by atoms with Crippen LogP contribution in [0.1, 0.15) is 0 Å². The van der Waals surface area contributed by atoms with E-state index in [1.54, 1.807) is 4.90 Å². The van der Waals surface area contributed by atoms with Crippen molar-refractivity contribution in [2.24, 2.45) is 0 Å². The van der Waals surface area contributed by atoms with Gasteiger partial charge in [0.2, 0.25) is 0 Å². The molecule has 1 aromatic rings. The monoisotopic (exact) mass is 183 g/mol. The normalized spacial score (nSPS) is 18.0. The van der Waals surface area contributed by atoms with E-state index in [0.29, 0.717) is 26.3 Å². The highest BCUT2D eigenvalue weighted by Gasteiger charge is 2.26. The molecule has 0 atom stereocenters. The Kier molecular flexibility index (Phi) is 1.81. The summed E-state index contributed by atoms with van der Waals surface area (Å²) in [4.78, 5) is 23.4. The van der Waals surface area contributed by atoms with Gasteiger partial charge in [0.25, 0.3) is 10.9 Å². The summed E-state index contributed by atoms with van der Waals surface area (Å²) < 4.78 is 5.07. The van der Waals surface area contributed by atoms with Crippen molar-refractivity contribution in [3.8, 4) is 5.75 Å². The molecule has 1 saturated heterocycles. The van der Waals surface area contributed by atoms with E-state index in [2.05, 4.69) is 0 Å². The molecule has 70 valence electrons. The van der Waals surface area contributed by atoms with Crippen molar-refractivity contribution in [3.63, 3.8) is 0 Å². The predicted molar refractivity (Wildman–Crippen MR) is 46.1 cm³/mol. The first-order valence-corrected chi connectivity index (χ1v) is 4.07. The minimum Gasteiger partial charge on any atom is -0.502 e. The second-order valence-electron chi connectivity index (χ2n) is 2.95. The first kappa shape index (κ1) is 8.25. The average Bonchev–Trinajstić information content (AvgIpc) is 2.19. The number of nitrogens with zero attached hydrogens (tertiary/aromatic N) is 1. The van der Waals surface area contributed by atoms with Crippen LogP contribution in [0.3, 0.4) is 0 Å². The summed E-state index contributed by atoms with van der Waals surface area (Å²) in [7, 11) is 0. The van der Waals surface area contributed by atoms with E-state index in [9.17, 15) is 9.59 Å². The maximum Gasteiger partial charge on any atom is 0.271 e. The first-order chi connectivity index (χ1) is 6.22. The van der Waals surface area contributed by atoms with Crippen LogP contribution >= 0.6 is 0 Å². The Morgan fingerprint density at radius 2 is 1.77 bits per heavy atom. The fourth-order valence-corrected chi connectivity index (χ4v) is 1.45. The highest BCUT2D eigenvalue weighted by Crippen LogP contribution is 2.21. The summed E-state index contributed by atoms with van der Waals surface area (Å²) in [6.45, 7) is 2.16. The van der Waals surface area contributed by atoms with Crippen LogP contribution in [0.2, 0.25) is 0 Å². The summed E-state index contributed by atoms with van der Waals surface area (Å²) in [6.07, 6.45) is 0. The Hall–Kier alpha value is -1.36. The van der Waals surface area contributed by atoms with Gasteiger partial charge in [-0.2, -0.15) is 0 Å². The molecule has 0 aliphatic carbocycles. The summed E-state index contributed by atoms with van der Waals surface area (Å²) in [6, 6.07) is 0. The van der Waals surface area contributed by atoms with Crippen LogP contribution in [0.4, 0.5) is 5.69 Å². The topological polar surface area (TPSA) is 66.8 Å². The fourth-order valence-electron chi connectivity index (χ4n) is 1.45. The van der Waals surface area contributed by atoms with Crippen LogP contribution in [0, 0.1) is 0 Å². The Bertz CT molecular complexity index is 385. The quantitative estimate of drug-likeness (QED) is 0.555. The second kappa shape index (κ2) is 2.85. The van der Waals surface area contributed by atoms with Gasteiger partial charge < -0.3 is 14.7 Å². The van der Waals surface area contributed by atoms with Crippen molar-refractivity contribution in [1.82, 2.24) is 0 Å². The molecule has 1 aliphatic heterocycles. The lowest BCUT2D eigenvalue weighted by atomic mass is 10.2. The van der Waals surface area contributed by atoms with Crippen LogP contribution in [0.5, 0.6) is 5.75 Å². The number of morpholine rings is 1. The Labute approximate surface area is 73.9 Å². The molecule has 0 spiro atoms. The van der Waals surface area contributed by atoms with Crippen molar-refractivity contribution < 1.29 is 9.84 Å². The largest absolute Gasteiger partial charge is 0.502 e. The lowest BCUT2D eigenvalue weighted by molar-refractivity contribution is 0.122. The van der Waals surface area contributed by atoms with E-state index >= 15 is 0 Å². The number of ether oxygens (including phenoxy) is 1. The minimum atomic E-state index is -0.776. The third-order valence-electron chi connectivity index (χ3n) is 2.19. The van der Waals surface area contributed by atoms with Gasteiger partial charge in [-0.3, -0.25) is 9.59 Å². The van der Waals surface area contributed by atoms with Crippen LogP contribution in [-0.2, 0) is 4.74 Å².